The molecule has 0 aliphatic carbocycles. The first-order valence-electron chi connectivity index (χ1n) is 7.08. The number of aryl methyl sites for hydroxylation is 2. The fourth-order valence-electron chi connectivity index (χ4n) is 2.40. The van der Waals surface area contributed by atoms with E-state index in [0.717, 1.165) is 28.6 Å². The van der Waals surface area contributed by atoms with Gasteiger partial charge in [-0.25, -0.2) is 4.98 Å². The van der Waals surface area contributed by atoms with Crippen molar-refractivity contribution in [3.8, 4) is 5.75 Å². The van der Waals surface area contributed by atoms with Crippen molar-refractivity contribution in [2.75, 3.05) is 11.9 Å². The number of hydrogen-bond acceptors (Lipinski definition) is 4. The minimum atomic E-state index is 0.665. The maximum Gasteiger partial charge on any atom is 0.194 e. The minimum Gasteiger partial charge on any atom is -0.492 e. The summed E-state index contributed by atoms with van der Waals surface area (Å²) < 4.78 is 7.82. The molecule has 3 aromatic rings. The summed E-state index contributed by atoms with van der Waals surface area (Å²) in [5.74, 6) is 0.889. The number of para-hydroxylation sites is 2. The molecule has 0 aliphatic heterocycles. The van der Waals surface area contributed by atoms with E-state index in [1.54, 1.807) is 11.3 Å². The Morgan fingerprint density at radius 1 is 1.29 bits per heavy atom. The van der Waals surface area contributed by atoms with Crippen LogP contribution in [0.5, 0.6) is 5.75 Å². The summed E-state index contributed by atoms with van der Waals surface area (Å²) in [7, 11) is 0. The van der Waals surface area contributed by atoms with Gasteiger partial charge in [0.2, 0.25) is 0 Å². The van der Waals surface area contributed by atoms with Gasteiger partial charge in [-0.1, -0.05) is 12.1 Å². The SMILES string of the molecule is CCOc1ccccc1NCc1c(C)nc2sc(C)cn12. The predicted octanol–water partition coefficient (Wildman–Crippen LogP) is 4.02. The monoisotopic (exact) mass is 301 g/mol. The summed E-state index contributed by atoms with van der Waals surface area (Å²) in [5.41, 5.74) is 3.28. The van der Waals surface area contributed by atoms with E-state index in [2.05, 4.69) is 34.7 Å². The zero-order chi connectivity index (χ0) is 14.8. The third-order valence-electron chi connectivity index (χ3n) is 3.37. The van der Waals surface area contributed by atoms with Crippen LogP contribution in [-0.2, 0) is 6.54 Å². The quantitative estimate of drug-likeness (QED) is 0.773. The maximum atomic E-state index is 5.65. The molecule has 1 aromatic carbocycles. The predicted molar refractivity (Wildman–Crippen MR) is 87.5 cm³/mol. The Hall–Kier alpha value is -2.01. The van der Waals surface area contributed by atoms with Crippen LogP contribution in [0.4, 0.5) is 5.69 Å². The average Bonchev–Trinajstić information content (AvgIpc) is 2.94. The molecule has 4 nitrogen and oxygen atoms in total. The van der Waals surface area contributed by atoms with E-state index in [0.29, 0.717) is 6.61 Å². The molecule has 0 unspecified atom stereocenters. The van der Waals surface area contributed by atoms with Crippen LogP contribution in [0.2, 0.25) is 0 Å². The number of imidazole rings is 1. The van der Waals surface area contributed by atoms with Gasteiger partial charge in [0, 0.05) is 11.1 Å². The number of anilines is 1. The summed E-state index contributed by atoms with van der Waals surface area (Å²) >= 11 is 1.72. The Morgan fingerprint density at radius 3 is 2.90 bits per heavy atom. The Kier molecular flexibility index (Phi) is 3.84. The Morgan fingerprint density at radius 2 is 2.10 bits per heavy atom. The van der Waals surface area contributed by atoms with Gasteiger partial charge >= 0.3 is 0 Å². The largest absolute Gasteiger partial charge is 0.492 e. The van der Waals surface area contributed by atoms with Gasteiger partial charge in [-0.3, -0.25) is 4.40 Å². The summed E-state index contributed by atoms with van der Waals surface area (Å²) in [5, 5.41) is 3.46. The first kappa shape index (κ1) is 13.9. The van der Waals surface area contributed by atoms with Gasteiger partial charge < -0.3 is 10.1 Å². The summed E-state index contributed by atoms with van der Waals surface area (Å²) in [6.45, 7) is 7.55. The van der Waals surface area contributed by atoms with Crippen LogP contribution >= 0.6 is 11.3 Å². The zero-order valence-corrected chi connectivity index (χ0v) is 13.3. The van der Waals surface area contributed by atoms with Gasteiger partial charge in [0.05, 0.1) is 30.2 Å². The highest BCUT2D eigenvalue weighted by Crippen LogP contribution is 2.26. The van der Waals surface area contributed by atoms with Crippen LogP contribution < -0.4 is 10.1 Å². The van der Waals surface area contributed by atoms with Crippen molar-refractivity contribution < 1.29 is 4.74 Å². The molecule has 3 rings (SSSR count). The lowest BCUT2D eigenvalue weighted by Crippen LogP contribution is -2.05. The van der Waals surface area contributed by atoms with E-state index < -0.39 is 0 Å². The van der Waals surface area contributed by atoms with Gasteiger partial charge in [-0.2, -0.15) is 0 Å². The molecule has 5 heteroatoms. The van der Waals surface area contributed by atoms with Crippen LogP contribution in [0, 0.1) is 13.8 Å². The van der Waals surface area contributed by atoms with Crippen LogP contribution in [0.3, 0.4) is 0 Å². The molecule has 21 heavy (non-hydrogen) atoms. The van der Waals surface area contributed by atoms with Crippen molar-refractivity contribution in [2.24, 2.45) is 0 Å². The second-order valence-corrected chi connectivity index (χ2v) is 6.13. The standard InChI is InChI=1S/C16H19N3OS/c1-4-20-15-8-6-5-7-13(15)17-9-14-12(3)18-16-19(14)10-11(2)21-16/h5-8,10,17H,4,9H2,1-3H3. The third kappa shape index (κ3) is 2.74. The zero-order valence-electron chi connectivity index (χ0n) is 12.5. The van der Waals surface area contributed by atoms with Gasteiger partial charge in [-0.05, 0) is 32.9 Å². The van der Waals surface area contributed by atoms with E-state index in [9.17, 15) is 0 Å². The van der Waals surface area contributed by atoms with Crippen LogP contribution in [-0.4, -0.2) is 16.0 Å². The minimum absolute atomic E-state index is 0.665. The van der Waals surface area contributed by atoms with E-state index >= 15 is 0 Å². The Balaban J connectivity index is 1.85. The van der Waals surface area contributed by atoms with Crippen molar-refractivity contribution >= 4 is 22.0 Å². The van der Waals surface area contributed by atoms with Crippen molar-refractivity contribution in [1.29, 1.82) is 0 Å². The lowest BCUT2D eigenvalue weighted by Gasteiger charge is -2.12. The number of hydrogen-bond donors (Lipinski definition) is 1. The van der Waals surface area contributed by atoms with Gasteiger partial charge in [0.1, 0.15) is 5.75 Å². The molecule has 0 amide bonds. The number of ether oxygens (including phenoxy) is 1. The number of rotatable bonds is 5. The molecular formula is C16H19N3OS. The number of nitrogens with zero attached hydrogens (tertiary/aromatic N) is 2. The van der Waals surface area contributed by atoms with Crippen LogP contribution in [0.15, 0.2) is 30.5 Å². The van der Waals surface area contributed by atoms with Gasteiger partial charge in [0.15, 0.2) is 4.96 Å². The second-order valence-electron chi connectivity index (χ2n) is 4.92. The number of benzene rings is 1. The van der Waals surface area contributed by atoms with Crippen molar-refractivity contribution in [2.45, 2.75) is 27.3 Å². The highest BCUT2D eigenvalue weighted by molar-refractivity contribution is 7.17. The first-order valence-corrected chi connectivity index (χ1v) is 7.90. The molecule has 0 aliphatic rings. The van der Waals surface area contributed by atoms with Crippen molar-refractivity contribution in [3.63, 3.8) is 0 Å². The number of nitrogens with one attached hydrogen (secondary N) is 1. The second kappa shape index (κ2) is 5.77. The topological polar surface area (TPSA) is 38.6 Å². The molecule has 0 fully saturated rings. The molecule has 110 valence electrons. The Bertz CT molecular complexity index is 760. The fourth-order valence-corrected chi connectivity index (χ4v) is 3.28. The summed E-state index contributed by atoms with van der Waals surface area (Å²) in [4.78, 5) is 6.94. The molecule has 1 N–H and O–H groups in total. The maximum absolute atomic E-state index is 5.65. The molecule has 0 saturated carbocycles. The average molecular weight is 301 g/mol. The third-order valence-corrected chi connectivity index (χ3v) is 4.27. The lowest BCUT2D eigenvalue weighted by molar-refractivity contribution is 0.341. The smallest absolute Gasteiger partial charge is 0.194 e. The molecule has 0 bridgehead atoms. The van der Waals surface area contributed by atoms with E-state index in [-0.39, 0.29) is 0 Å². The molecule has 2 heterocycles. The van der Waals surface area contributed by atoms with E-state index in [4.69, 9.17) is 4.74 Å². The highest BCUT2D eigenvalue weighted by atomic mass is 32.1. The molecule has 0 atom stereocenters. The first-order chi connectivity index (χ1) is 10.2. The number of fused-ring (bicyclic) bond motifs is 1. The van der Waals surface area contributed by atoms with Gasteiger partial charge in [-0.15, -0.1) is 11.3 Å². The fraction of sp³-hybridized carbons (Fsp3) is 0.312. The van der Waals surface area contributed by atoms with Crippen LogP contribution in [0.25, 0.3) is 4.96 Å². The number of aromatic nitrogens is 2. The van der Waals surface area contributed by atoms with E-state index in [1.807, 2.05) is 31.2 Å². The van der Waals surface area contributed by atoms with Crippen molar-refractivity contribution in [3.05, 3.63) is 46.7 Å². The lowest BCUT2D eigenvalue weighted by atomic mass is 10.2. The molecule has 0 radical (unpaired) electrons. The van der Waals surface area contributed by atoms with Crippen LogP contribution in [0.1, 0.15) is 23.2 Å². The van der Waals surface area contributed by atoms with Gasteiger partial charge in [0.25, 0.3) is 0 Å². The highest BCUT2D eigenvalue weighted by Gasteiger charge is 2.11. The normalized spacial score (nSPS) is 11.0. The Labute approximate surface area is 128 Å². The molecule has 2 aromatic heterocycles. The summed E-state index contributed by atoms with van der Waals surface area (Å²) in [6, 6.07) is 8.02. The van der Waals surface area contributed by atoms with Crippen molar-refractivity contribution in [1.82, 2.24) is 9.38 Å². The molecule has 0 spiro atoms. The molecule has 0 saturated heterocycles. The van der Waals surface area contributed by atoms with E-state index in [1.165, 1.54) is 10.6 Å². The summed E-state index contributed by atoms with van der Waals surface area (Å²) in [6.07, 6.45) is 2.14. The molecular weight excluding hydrogens is 282 g/mol. The number of thiazole rings is 1.